The highest BCUT2D eigenvalue weighted by Gasteiger charge is 2.35. The van der Waals surface area contributed by atoms with Gasteiger partial charge in [0.2, 0.25) is 0 Å². The summed E-state index contributed by atoms with van der Waals surface area (Å²) in [5, 5.41) is 0.553. The van der Waals surface area contributed by atoms with Gasteiger partial charge in [-0.05, 0) is 74.1 Å². The zero-order valence-corrected chi connectivity index (χ0v) is 21.1. The molecule has 1 aliphatic heterocycles. The molecule has 1 fully saturated rings. The van der Waals surface area contributed by atoms with Crippen molar-refractivity contribution in [2.24, 2.45) is 0 Å². The van der Waals surface area contributed by atoms with E-state index in [0.717, 1.165) is 24.2 Å². The monoisotopic (exact) mass is 507 g/mol. The van der Waals surface area contributed by atoms with Crippen LogP contribution in [0.4, 0.5) is 0 Å². The van der Waals surface area contributed by atoms with Crippen molar-refractivity contribution < 1.29 is 14.3 Å². The molecule has 38 heavy (non-hydrogen) atoms. The van der Waals surface area contributed by atoms with Crippen molar-refractivity contribution in [1.29, 1.82) is 0 Å². The summed E-state index contributed by atoms with van der Waals surface area (Å²) in [5.74, 6) is 0.832. The van der Waals surface area contributed by atoms with Crippen LogP contribution in [0.3, 0.4) is 0 Å². The van der Waals surface area contributed by atoms with Gasteiger partial charge in [-0.1, -0.05) is 36.4 Å². The first-order valence-corrected chi connectivity index (χ1v) is 13.3. The zero-order valence-electron chi connectivity index (χ0n) is 21.1. The number of nitrogens with zero attached hydrogens (tertiary/aromatic N) is 3. The predicted molar refractivity (Wildman–Crippen MR) is 145 cm³/mol. The molecule has 2 heterocycles. The fourth-order valence-electron chi connectivity index (χ4n) is 5.46. The smallest absolute Gasteiger partial charge is 0.261 e. The van der Waals surface area contributed by atoms with Gasteiger partial charge in [0.1, 0.15) is 11.6 Å². The highest BCUT2D eigenvalue weighted by Crippen LogP contribution is 2.25. The van der Waals surface area contributed by atoms with Crippen LogP contribution < -0.4 is 10.3 Å². The second kappa shape index (κ2) is 10.2. The standard InChI is InChI=1S/C31H29N3O4/c35-29-24-9-3-4-10-25(24)30(36)34(29)20-18-28-32-27-12-6-5-11-26(27)31(37)33(28)19-17-21-13-15-23(16-14-21)38-22-7-1-2-8-22/h3-6,9-16,22H,1-2,7-8,17-20H2. The van der Waals surface area contributed by atoms with E-state index in [2.05, 4.69) is 0 Å². The Bertz CT molecular complexity index is 1530. The Morgan fingerprint density at radius 3 is 2.13 bits per heavy atom. The van der Waals surface area contributed by atoms with Gasteiger partial charge < -0.3 is 4.74 Å². The minimum Gasteiger partial charge on any atom is -0.490 e. The number of fused-ring (bicyclic) bond motifs is 2. The highest BCUT2D eigenvalue weighted by molar-refractivity contribution is 6.21. The zero-order chi connectivity index (χ0) is 26.1. The largest absolute Gasteiger partial charge is 0.490 e. The third-order valence-electron chi connectivity index (χ3n) is 7.53. The molecule has 1 saturated carbocycles. The maximum atomic E-state index is 13.5. The summed E-state index contributed by atoms with van der Waals surface area (Å²) in [6.45, 7) is 0.598. The second-order valence-electron chi connectivity index (χ2n) is 9.98. The Labute approximate surface area is 220 Å². The number of para-hydroxylation sites is 1. The number of carbonyl (C=O) groups is 2. The third kappa shape index (κ3) is 4.60. The van der Waals surface area contributed by atoms with Crippen LogP contribution in [-0.4, -0.2) is 38.9 Å². The van der Waals surface area contributed by atoms with E-state index < -0.39 is 0 Å². The molecule has 6 rings (SSSR count). The number of aryl methyl sites for hydroxylation is 1. The van der Waals surface area contributed by atoms with E-state index in [1.165, 1.54) is 17.7 Å². The van der Waals surface area contributed by atoms with Crippen molar-refractivity contribution in [1.82, 2.24) is 14.5 Å². The summed E-state index contributed by atoms with van der Waals surface area (Å²) in [6, 6.07) is 22.2. The molecule has 192 valence electrons. The number of ether oxygens (including phenoxy) is 1. The fraction of sp³-hybridized carbons (Fsp3) is 0.290. The number of rotatable bonds is 8. The molecule has 2 amide bonds. The van der Waals surface area contributed by atoms with E-state index >= 15 is 0 Å². The number of imide groups is 1. The molecule has 2 aliphatic rings. The maximum Gasteiger partial charge on any atom is 0.261 e. The minimum atomic E-state index is -0.305. The molecule has 0 N–H and O–H groups in total. The lowest BCUT2D eigenvalue weighted by atomic mass is 10.1. The quantitative estimate of drug-likeness (QED) is 0.320. The van der Waals surface area contributed by atoms with Crippen LogP contribution in [0.25, 0.3) is 10.9 Å². The molecule has 0 saturated heterocycles. The molecule has 1 aliphatic carbocycles. The summed E-state index contributed by atoms with van der Waals surface area (Å²) in [4.78, 5) is 45.2. The Kier molecular flexibility index (Phi) is 6.50. The summed E-state index contributed by atoms with van der Waals surface area (Å²) in [7, 11) is 0. The summed E-state index contributed by atoms with van der Waals surface area (Å²) in [6.07, 6.45) is 5.93. The van der Waals surface area contributed by atoms with E-state index in [-0.39, 0.29) is 23.9 Å². The van der Waals surface area contributed by atoms with E-state index in [1.807, 2.05) is 42.5 Å². The van der Waals surface area contributed by atoms with Crippen molar-refractivity contribution in [3.8, 4) is 5.75 Å². The predicted octanol–water partition coefficient (Wildman–Crippen LogP) is 4.80. The van der Waals surface area contributed by atoms with Gasteiger partial charge >= 0.3 is 0 Å². The molecule has 4 aromatic rings. The normalized spacial score (nSPS) is 15.4. The van der Waals surface area contributed by atoms with Crippen LogP contribution in [-0.2, 0) is 19.4 Å². The molecule has 7 nitrogen and oxygen atoms in total. The number of amides is 2. The highest BCUT2D eigenvalue weighted by atomic mass is 16.5. The first kappa shape index (κ1) is 24.1. The summed E-state index contributed by atoms with van der Waals surface area (Å²) in [5.41, 5.74) is 2.42. The van der Waals surface area contributed by atoms with Gasteiger partial charge in [0.25, 0.3) is 17.4 Å². The van der Waals surface area contributed by atoms with Gasteiger partial charge in [0.05, 0.1) is 28.1 Å². The van der Waals surface area contributed by atoms with Gasteiger partial charge in [-0.25, -0.2) is 4.98 Å². The first-order chi connectivity index (χ1) is 18.6. The van der Waals surface area contributed by atoms with Crippen LogP contribution in [0, 0.1) is 0 Å². The van der Waals surface area contributed by atoms with Crippen molar-refractivity contribution in [2.45, 2.75) is 51.2 Å². The van der Waals surface area contributed by atoms with E-state index in [9.17, 15) is 14.4 Å². The SMILES string of the molecule is O=C1c2ccccc2C(=O)N1CCc1nc2ccccc2c(=O)n1CCc1ccc(OC2CCCC2)cc1. The van der Waals surface area contributed by atoms with Crippen molar-refractivity contribution >= 4 is 22.7 Å². The van der Waals surface area contributed by atoms with Crippen molar-refractivity contribution in [3.63, 3.8) is 0 Å². The third-order valence-corrected chi connectivity index (χ3v) is 7.53. The Morgan fingerprint density at radius 1 is 0.763 bits per heavy atom. The molecule has 7 heteroatoms. The van der Waals surface area contributed by atoms with Crippen LogP contribution in [0.15, 0.2) is 77.6 Å². The maximum absolute atomic E-state index is 13.5. The Hall–Kier alpha value is -4.26. The minimum absolute atomic E-state index is 0.117. The molecule has 0 atom stereocenters. The van der Waals surface area contributed by atoms with Gasteiger partial charge in [0.15, 0.2) is 0 Å². The summed E-state index contributed by atoms with van der Waals surface area (Å²) >= 11 is 0. The number of hydrogen-bond acceptors (Lipinski definition) is 5. The molecular formula is C31H29N3O4. The van der Waals surface area contributed by atoms with Gasteiger partial charge in [-0.2, -0.15) is 0 Å². The van der Waals surface area contributed by atoms with E-state index in [0.29, 0.717) is 53.3 Å². The van der Waals surface area contributed by atoms with Gasteiger partial charge in [-0.15, -0.1) is 0 Å². The fourth-order valence-corrected chi connectivity index (χ4v) is 5.46. The summed E-state index contributed by atoms with van der Waals surface area (Å²) < 4.78 is 7.76. The molecular weight excluding hydrogens is 478 g/mol. The van der Waals surface area contributed by atoms with Gasteiger partial charge in [0, 0.05) is 19.5 Å². The van der Waals surface area contributed by atoms with E-state index in [1.54, 1.807) is 34.9 Å². The molecule has 1 aromatic heterocycles. The average Bonchev–Trinajstić information content (AvgIpc) is 3.54. The molecule has 0 spiro atoms. The second-order valence-corrected chi connectivity index (χ2v) is 9.98. The van der Waals surface area contributed by atoms with Crippen molar-refractivity contribution in [2.75, 3.05) is 6.54 Å². The lowest BCUT2D eigenvalue weighted by molar-refractivity contribution is 0.0655. The van der Waals surface area contributed by atoms with Crippen LogP contribution >= 0.6 is 0 Å². The molecule has 0 radical (unpaired) electrons. The van der Waals surface area contributed by atoms with Crippen LogP contribution in [0.1, 0.15) is 57.8 Å². The number of carbonyl (C=O) groups excluding carboxylic acids is 2. The average molecular weight is 508 g/mol. The number of hydrogen-bond donors (Lipinski definition) is 0. The Morgan fingerprint density at radius 2 is 1.42 bits per heavy atom. The first-order valence-electron chi connectivity index (χ1n) is 13.3. The molecule has 0 unspecified atom stereocenters. The van der Waals surface area contributed by atoms with Crippen LogP contribution in [0.2, 0.25) is 0 Å². The topological polar surface area (TPSA) is 81.5 Å². The van der Waals surface area contributed by atoms with Crippen LogP contribution in [0.5, 0.6) is 5.75 Å². The molecule has 0 bridgehead atoms. The number of aromatic nitrogens is 2. The molecule has 3 aromatic carbocycles. The Balaban J connectivity index is 1.22. The van der Waals surface area contributed by atoms with E-state index in [4.69, 9.17) is 9.72 Å². The lowest BCUT2D eigenvalue weighted by Gasteiger charge is -2.17. The number of benzene rings is 3. The van der Waals surface area contributed by atoms with Gasteiger partial charge in [-0.3, -0.25) is 23.9 Å². The lowest BCUT2D eigenvalue weighted by Crippen LogP contribution is -2.34. The van der Waals surface area contributed by atoms with Crippen molar-refractivity contribution in [3.05, 3.63) is 106 Å².